The third-order valence-corrected chi connectivity index (χ3v) is 3.77. The van der Waals surface area contributed by atoms with Gasteiger partial charge in [-0.15, -0.1) is 11.8 Å². The van der Waals surface area contributed by atoms with Gasteiger partial charge >= 0.3 is 0 Å². The fraction of sp³-hybridized carbons (Fsp3) is 0.875. The number of ketones is 1. The molecule has 0 amide bonds. The predicted molar refractivity (Wildman–Crippen MR) is 48.8 cm³/mol. The number of hydrogen-bond acceptors (Lipinski definition) is 3. The summed E-state index contributed by atoms with van der Waals surface area (Å²) in [5, 5.41) is 0.559. The summed E-state index contributed by atoms with van der Waals surface area (Å²) < 4.78 is 0. The van der Waals surface area contributed by atoms with E-state index in [1.807, 2.05) is 18.8 Å². The molecule has 1 aliphatic heterocycles. The molecule has 1 rings (SSSR count). The molecule has 2 nitrogen and oxygen atoms in total. The molecule has 0 aromatic heterocycles. The number of carbonyl (C=O) groups excluding carboxylic acids is 1. The summed E-state index contributed by atoms with van der Waals surface area (Å²) in [7, 11) is 2.04. The molecule has 0 saturated carbocycles. The molecule has 0 aromatic carbocycles. The zero-order valence-electron chi connectivity index (χ0n) is 7.33. The largest absolute Gasteiger partial charge is 0.298 e. The van der Waals surface area contributed by atoms with Crippen molar-refractivity contribution in [2.45, 2.75) is 31.7 Å². The highest BCUT2D eigenvalue weighted by molar-refractivity contribution is 8.00. The van der Waals surface area contributed by atoms with Gasteiger partial charge in [-0.25, -0.2) is 0 Å². The standard InChI is InChI=1S/C8H15NOS/c1-4-8-9(3)7(5-11-8)6(2)10/h7-8H,4-5H2,1-3H3. The lowest BCUT2D eigenvalue weighted by Crippen LogP contribution is -2.37. The monoisotopic (exact) mass is 173 g/mol. The summed E-state index contributed by atoms with van der Waals surface area (Å²) in [6.45, 7) is 3.84. The molecule has 2 unspecified atom stereocenters. The summed E-state index contributed by atoms with van der Waals surface area (Å²) in [5.74, 6) is 1.28. The van der Waals surface area contributed by atoms with E-state index in [1.165, 1.54) is 0 Å². The fourth-order valence-electron chi connectivity index (χ4n) is 1.45. The van der Waals surface area contributed by atoms with Crippen LogP contribution in [0.1, 0.15) is 20.3 Å². The highest BCUT2D eigenvalue weighted by Crippen LogP contribution is 2.29. The number of Topliss-reactive ketones (excluding diaryl/α,β-unsaturated/α-hetero) is 1. The van der Waals surface area contributed by atoms with E-state index in [0.29, 0.717) is 11.2 Å². The van der Waals surface area contributed by atoms with Crippen molar-refractivity contribution in [3.63, 3.8) is 0 Å². The van der Waals surface area contributed by atoms with Crippen LogP contribution in [0.4, 0.5) is 0 Å². The minimum atomic E-state index is 0.171. The van der Waals surface area contributed by atoms with Crippen LogP contribution in [0.15, 0.2) is 0 Å². The molecule has 0 radical (unpaired) electrons. The van der Waals surface area contributed by atoms with E-state index >= 15 is 0 Å². The van der Waals surface area contributed by atoms with Gasteiger partial charge in [0.1, 0.15) is 5.78 Å². The Labute approximate surface area is 72.3 Å². The first-order valence-corrected chi connectivity index (χ1v) is 5.05. The smallest absolute Gasteiger partial charge is 0.147 e. The Balaban J connectivity index is 2.55. The van der Waals surface area contributed by atoms with Gasteiger partial charge < -0.3 is 0 Å². The molecule has 64 valence electrons. The average Bonchev–Trinajstić information content (AvgIpc) is 2.30. The molecule has 2 atom stereocenters. The van der Waals surface area contributed by atoms with Gasteiger partial charge in [-0.1, -0.05) is 6.92 Å². The van der Waals surface area contributed by atoms with Crippen LogP contribution in [0.3, 0.4) is 0 Å². The number of rotatable bonds is 2. The minimum Gasteiger partial charge on any atom is -0.298 e. The molecule has 1 fully saturated rings. The lowest BCUT2D eigenvalue weighted by molar-refractivity contribution is -0.120. The van der Waals surface area contributed by atoms with Gasteiger partial charge in [0.25, 0.3) is 0 Å². The van der Waals surface area contributed by atoms with Crippen LogP contribution < -0.4 is 0 Å². The third-order valence-electron chi connectivity index (χ3n) is 2.21. The molecule has 0 bridgehead atoms. The second kappa shape index (κ2) is 3.59. The predicted octanol–water partition coefficient (Wildman–Crippen LogP) is 1.36. The van der Waals surface area contributed by atoms with E-state index < -0.39 is 0 Å². The molecule has 0 aliphatic carbocycles. The van der Waals surface area contributed by atoms with Crippen molar-refractivity contribution in [2.75, 3.05) is 12.8 Å². The topological polar surface area (TPSA) is 20.3 Å². The molecule has 11 heavy (non-hydrogen) atoms. The Morgan fingerprint density at radius 2 is 2.36 bits per heavy atom. The second-order valence-electron chi connectivity index (χ2n) is 2.99. The lowest BCUT2D eigenvalue weighted by Gasteiger charge is -2.21. The number of likely N-dealkylation sites (N-methyl/N-ethyl adjacent to an activating group) is 1. The summed E-state index contributed by atoms with van der Waals surface area (Å²) in [5.41, 5.74) is 0. The van der Waals surface area contributed by atoms with E-state index in [-0.39, 0.29) is 6.04 Å². The Kier molecular flexibility index (Phi) is 2.96. The second-order valence-corrected chi connectivity index (χ2v) is 4.20. The van der Waals surface area contributed by atoms with Crippen LogP contribution in [-0.2, 0) is 4.79 Å². The van der Waals surface area contributed by atoms with Crippen molar-refractivity contribution in [1.29, 1.82) is 0 Å². The van der Waals surface area contributed by atoms with Crippen molar-refractivity contribution in [1.82, 2.24) is 4.90 Å². The highest BCUT2D eigenvalue weighted by atomic mass is 32.2. The first kappa shape index (κ1) is 9.07. The molecule has 0 N–H and O–H groups in total. The molecule has 0 aromatic rings. The molecular formula is C8H15NOS. The summed E-state index contributed by atoms with van der Waals surface area (Å²) in [4.78, 5) is 13.3. The van der Waals surface area contributed by atoms with Gasteiger partial charge in [-0.05, 0) is 20.4 Å². The average molecular weight is 173 g/mol. The zero-order chi connectivity index (χ0) is 8.43. The number of carbonyl (C=O) groups is 1. The maximum Gasteiger partial charge on any atom is 0.147 e. The van der Waals surface area contributed by atoms with E-state index in [2.05, 4.69) is 11.8 Å². The lowest BCUT2D eigenvalue weighted by atomic mass is 10.2. The quantitative estimate of drug-likeness (QED) is 0.629. The molecule has 0 spiro atoms. The van der Waals surface area contributed by atoms with Crippen LogP contribution >= 0.6 is 11.8 Å². The van der Waals surface area contributed by atoms with E-state index in [4.69, 9.17) is 0 Å². The maximum atomic E-state index is 11.1. The van der Waals surface area contributed by atoms with Gasteiger partial charge in [0.05, 0.1) is 11.4 Å². The number of thioether (sulfide) groups is 1. The van der Waals surface area contributed by atoms with Gasteiger partial charge in [-0.2, -0.15) is 0 Å². The van der Waals surface area contributed by atoms with Crippen LogP contribution in [-0.4, -0.2) is 34.9 Å². The van der Waals surface area contributed by atoms with E-state index in [0.717, 1.165) is 12.2 Å². The van der Waals surface area contributed by atoms with Gasteiger partial charge in [-0.3, -0.25) is 9.69 Å². The zero-order valence-corrected chi connectivity index (χ0v) is 8.15. The van der Waals surface area contributed by atoms with Crippen molar-refractivity contribution in [3.05, 3.63) is 0 Å². The molecule has 3 heteroatoms. The van der Waals surface area contributed by atoms with E-state index in [1.54, 1.807) is 6.92 Å². The number of nitrogens with zero attached hydrogens (tertiary/aromatic N) is 1. The van der Waals surface area contributed by atoms with Crippen molar-refractivity contribution in [3.8, 4) is 0 Å². The van der Waals surface area contributed by atoms with Crippen LogP contribution in [0.2, 0.25) is 0 Å². The minimum absolute atomic E-state index is 0.171. The molecular weight excluding hydrogens is 158 g/mol. The van der Waals surface area contributed by atoms with Crippen LogP contribution in [0.5, 0.6) is 0 Å². The fourth-order valence-corrected chi connectivity index (χ4v) is 2.94. The van der Waals surface area contributed by atoms with Crippen molar-refractivity contribution in [2.24, 2.45) is 0 Å². The Morgan fingerprint density at radius 3 is 2.64 bits per heavy atom. The summed E-state index contributed by atoms with van der Waals surface area (Å²) in [6.07, 6.45) is 1.13. The molecule has 1 saturated heterocycles. The summed E-state index contributed by atoms with van der Waals surface area (Å²) >= 11 is 1.89. The van der Waals surface area contributed by atoms with Crippen LogP contribution in [0.25, 0.3) is 0 Å². The van der Waals surface area contributed by atoms with Crippen molar-refractivity contribution < 1.29 is 4.79 Å². The maximum absolute atomic E-state index is 11.1. The highest BCUT2D eigenvalue weighted by Gasteiger charge is 2.32. The van der Waals surface area contributed by atoms with Gasteiger partial charge in [0, 0.05) is 5.75 Å². The van der Waals surface area contributed by atoms with Crippen LogP contribution in [0, 0.1) is 0 Å². The number of hydrogen-bond donors (Lipinski definition) is 0. The van der Waals surface area contributed by atoms with E-state index in [9.17, 15) is 4.79 Å². The Hall–Kier alpha value is -0.0200. The third kappa shape index (κ3) is 1.76. The summed E-state index contributed by atoms with van der Waals surface area (Å²) in [6, 6.07) is 0.171. The normalized spacial score (nSPS) is 32.6. The SMILES string of the molecule is CCC1SCC(C(C)=O)N1C. The van der Waals surface area contributed by atoms with Gasteiger partial charge in [0.15, 0.2) is 0 Å². The van der Waals surface area contributed by atoms with Crippen molar-refractivity contribution >= 4 is 17.5 Å². The Bertz CT molecular complexity index is 160. The molecule has 1 heterocycles. The first-order valence-electron chi connectivity index (χ1n) is 4.00. The molecule has 1 aliphatic rings. The Morgan fingerprint density at radius 1 is 1.73 bits per heavy atom. The van der Waals surface area contributed by atoms with Gasteiger partial charge in [0.2, 0.25) is 0 Å². The first-order chi connectivity index (χ1) is 5.16.